The quantitative estimate of drug-likeness (QED) is 0.600. The lowest BCUT2D eigenvalue weighted by atomic mass is 10.1. The van der Waals surface area contributed by atoms with E-state index in [0.717, 1.165) is 18.6 Å². The van der Waals surface area contributed by atoms with Crippen molar-refractivity contribution in [2.24, 2.45) is 0 Å². The lowest BCUT2D eigenvalue weighted by Crippen LogP contribution is -1.88. The molecule has 0 aliphatic heterocycles. The van der Waals surface area contributed by atoms with Gasteiger partial charge >= 0.3 is 0 Å². The first-order chi connectivity index (χ1) is 7.08. The highest BCUT2D eigenvalue weighted by Gasteiger charge is 2.17. The van der Waals surface area contributed by atoms with E-state index in [2.05, 4.69) is 28.9 Å². The molecule has 0 aromatic carbocycles. The van der Waals surface area contributed by atoms with E-state index in [0.29, 0.717) is 0 Å². The van der Waals surface area contributed by atoms with Gasteiger partial charge in [-0.1, -0.05) is 11.6 Å². The molecule has 5 heteroatoms. The first-order valence-electron chi connectivity index (χ1n) is 4.23. The zero-order valence-corrected chi connectivity index (χ0v) is 12.5. The van der Waals surface area contributed by atoms with Crippen LogP contribution in [-0.4, -0.2) is 0 Å². The predicted molar refractivity (Wildman–Crippen MR) is 73.8 cm³/mol. The van der Waals surface area contributed by atoms with Crippen LogP contribution in [0.2, 0.25) is 4.34 Å². The molecule has 80 valence electrons. The van der Waals surface area contributed by atoms with E-state index >= 15 is 0 Å². The van der Waals surface area contributed by atoms with E-state index in [9.17, 15) is 0 Å². The summed E-state index contributed by atoms with van der Waals surface area (Å²) >= 11 is 19.0. The molecule has 0 saturated carbocycles. The Labute approximate surface area is 115 Å². The first-order valence-corrected chi connectivity index (χ1v) is 7.47. The van der Waals surface area contributed by atoms with Gasteiger partial charge in [-0.2, -0.15) is 0 Å². The minimum atomic E-state index is -0.0925. The molecule has 0 aliphatic rings. The van der Waals surface area contributed by atoms with Gasteiger partial charge in [-0.15, -0.1) is 34.3 Å². The van der Waals surface area contributed by atoms with Gasteiger partial charge in [0.15, 0.2) is 0 Å². The molecule has 2 rings (SSSR count). The summed E-state index contributed by atoms with van der Waals surface area (Å²) in [5.74, 6) is 0. The van der Waals surface area contributed by atoms with Crippen LogP contribution in [0.15, 0.2) is 22.0 Å². The molecule has 1 unspecified atom stereocenters. The number of aryl methyl sites for hydroxylation is 1. The molecule has 2 aromatic heterocycles. The largest absolute Gasteiger partial charge is 0.133 e. The molecule has 2 aromatic rings. The average molecular weight is 342 g/mol. The maximum Gasteiger partial charge on any atom is 0.0939 e. The molecule has 0 radical (unpaired) electrons. The van der Waals surface area contributed by atoms with Gasteiger partial charge in [-0.25, -0.2) is 0 Å². The number of rotatable bonds is 2. The third-order valence-electron chi connectivity index (χ3n) is 2.04. The van der Waals surface area contributed by atoms with Crippen molar-refractivity contribution in [3.05, 3.63) is 41.6 Å². The van der Waals surface area contributed by atoms with Crippen molar-refractivity contribution in [1.82, 2.24) is 0 Å². The van der Waals surface area contributed by atoms with Gasteiger partial charge in [0, 0.05) is 9.75 Å². The molecule has 0 saturated heterocycles. The van der Waals surface area contributed by atoms with Crippen molar-refractivity contribution >= 4 is 61.8 Å². The Morgan fingerprint density at radius 3 is 2.53 bits per heavy atom. The summed E-state index contributed by atoms with van der Waals surface area (Å²) in [4.78, 5) is 2.33. The van der Waals surface area contributed by atoms with Crippen molar-refractivity contribution in [3.8, 4) is 0 Å². The number of hydrogen-bond acceptors (Lipinski definition) is 2. The zero-order chi connectivity index (χ0) is 11.0. The fourth-order valence-electron chi connectivity index (χ4n) is 1.33. The lowest BCUT2D eigenvalue weighted by molar-refractivity contribution is 1.18. The Morgan fingerprint density at radius 1 is 1.33 bits per heavy atom. The topological polar surface area (TPSA) is 0 Å². The fraction of sp³-hybridized carbons (Fsp3) is 0.200. The first kappa shape index (κ1) is 11.9. The molecule has 0 bridgehead atoms. The molecule has 15 heavy (non-hydrogen) atoms. The van der Waals surface area contributed by atoms with E-state index in [-0.39, 0.29) is 5.38 Å². The summed E-state index contributed by atoms with van der Waals surface area (Å²) in [6.45, 7) is 2.08. The van der Waals surface area contributed by atoms with Crippen LogP contribution in [0.3, 0.4) is 0 Å². The summed E-state index contributed by atoms with van der Waals surface area (Å²) in [5, 5.41) is -0.0925. The van der Waals surface area contributed by atoms with Crippen molar-refractivity contribution < 1.29 is 0 Å². The van der Waals surface area contributed by atoms with Crippen LogP contribution in [0.1, 0.15) is 20.7 Å². The summed E-state index contributed by atoms with van der Waals surface area (Å²) in [6.07, 6.45) is 0. The second-order valence-corrected chi connectivity index (χ2v) is 7.89. The van der Waals surface area contributed by atoms with Gasteiger partial charge in [-0.3, -0.25) is 0 Å². The normalized spacial score (nSPS) is 13.1. The number of hydrogen-bond donors (Lipinski definition) is 0. The third-order valence-corrected chi connectivity index (χ3v) is 5.51. The SMILES string of the molecule is Cc1sc(Br)cc1C(Cl)c1ccc(Cl)s1. The minimum absolute atomic E-state index is 0.0925. The Hall–Kier alpha value is 0.460. The van der Waals surface area contributed by atoms with Gasteiger partial charge in [0.1, 0.15) is 0 Å². The monoisotopic (exact) mass is 340 g/mol. The molecule has 0 spiro atoms. The predicted octanol–water partition coefficient (Wildman–Crippen LogP) is 5.86. The number of halogens is 3. The molecular weight excluding hydrogens is 335 g/mol. The molecular formula is C10H7BrCl2S2. The van der Waals surface area contributed by atoms with Gasteiger partial charge < -0.3 is 0 Å². The number of thiophene rings is 2. The molecule has 2 heterocycles. The van der Waals surface area contributed by atoms with E-state index < -0.39 is 0 Å². The second-order valence-electron chi connectivity index (χ2n) is 3.07. The summed E-state index contributed by atoms with van der Waals surface area (Å²) < 4.78 is 1.89. The maximum atomic E-state index is 6.40. The summed E-state index contributed by atoms with van der Waals surface area (Å²) in [5.41, 5.74) is 1.16. The molecule has 0 fully saturated rings. The smallest absolute Gasteiger partial charge is 0.0939 e. The lowest BCUT2D eigenvalue weighted by Gasteiger charge is -2.05. The Morgan fingerprint density at radius 2 is 2.07 bits per heavy atom. The van der Waals surface area contributed by atoms with Crippen LogP contribution in [0.25, 0.3) is 0 Å². The highest BCUT2D eigenvalue weighted by Crippen LogP contribution is 2.40. The fourth-order valence-corrected chi connectivity index (χ4v) is 4.63. The average Bonchev–Trinajstić information content (AvgIpc) is 2.71. The zero-order valence-electron chi connectivity index (χ0n) is 7.76. The van der Waals surface area contributed by atoms with Crippen LogP contribution >= 0.6 is 61.8 Å². The van der Waals surface area contributed by atoms with Gasteiger partial charge in [-0.05, 0) is 46.6 Å². The summed E-state index contributed by atoms with van der Waals surface area (Å²) in [7, 11) is 0. The van der Waals surface area contributed by atoms with Gasteiger partial charge in [0.25, 0.3) is 0 Å². The van der Waals surface area contributed by atoms with Crippen LogP contribution < -0.4 is 0 Å². The van der Waals surface area contributed by atoms with Crippen LogP contribution in [0.4, 0.5) is 0 Å². The maximum absolute atomic E-state index is 6.40. The van der Waals surface area contributed by atoms with Crippen molar-refractivity contribution in [1.29, 1.82) is 0 Å². The Kier molecular flexibility index (Phi) is 3.79. The molecule has 0 N–H and O–H groups in total. The molecule has 0 aliphatic carbocycles. The van der Waals surface area contributed by atoms with E-state index in [1.54, 1.807) is 11.3 Å². The van der Waals surface area contributed by atoms with E-state index in [1.165, 1.54) is 16.2 Å². The number of alkyl halides is 1. The minimum Gasteiger partial charge on any atom is -0.133 e. The van der Waals surface area contributed by atoms with E-state index in [4.69, 9.17) is 23.2 Å². The summed E-state index contributed by atoms with van der Waals surface area (Å²) in [6, 6.07) is 5.94. The molecule has 0 nitrogen and oxygen atoms in total. The van der Waals surface area contributed by atoms with Gasteiger partial charge in [0.05, 0.1) is 13.5 Å². The second kappa shape index (κ2) is 4.76. The van der Waals surface area contributed by atoms with Crippen molar-refractivity contribution in [3.63, 3.8) is 0 Å². The molecule has 1 atom stereocenters. The van der Waals surface area contributed by atoms with Crippen LogP contribution in [0, 0.1) is 6.92 Å². The Bertz CT molecular complexity index is 475. The van der Waals surface area contributed by atoms with Gasteiger partial charge in [0.2, 0.25) is 0 Å². The van der Waals surface area contributed by atoms with Crippen molar-refractivity contribution in [2.45, 2.75) is 12.3 Å². The molecule has 0 amide bonds. The third kappa shape index (κ3) is 2.59. The Balaban J connectivity index is 2.35. The van der Waals surface area contributed by atoms with E-state index in [1.807, 2.05) is 12.1 Å². The van der Waals surface area contributed by atoms with Crippen LogP contribution in [-0.2, 0) is 0 Å². The highest BCUT2D eigenvalue weighted by molar-refractivity contribution is 9.11. The van der Waals surface area contributed by atoms with Crippen molar-refractivity contribution in [2.75, 3.05) is 0 Å². The highest BCUT2D eigenvalue weighted by atomic mass is 79.9. The van der Waals surface area contributed by atoms with Crippen LogP contribution in [0.5, 0.6) is 0 Å². The standard InChI is InChI=1S/C10H7BrCl2S2/c1-5-6(4-8(11)14-5)10(13)7-2-3-9(12)15-7/h2-4,10H,1H3.